The zero-order chi connectivity index (χ0) is 33.9. The van der Waals surface area contributed by atoms with E-state index in [0.717, 1.165) is 58.0 Å². The van der Waals surface area contributed by atoms with Crippen LogP contribution in [0.25, 0.3) is 0 Å². The molecule has 0 bridgehead atoms. The third-order valence-electron chi connectivity index (χ3n) is 9.60. The molecule has 2 fully saturated rings. The maximum atomic E-state index is 13.9. The average molecular weight is 664 g/mol. The number of carboxylic acid groups (broad SMARTS) is 1. The van der Waals surface area contributed by atoms with Crippen LogP contribution in [0.2, 0.25) is 0 Å². The van der Waals surface area contributed by atoms with Crippen molar-refractivity contribution < 1.29 is 38.1 Å². The lowest BCUT2D eigenvalue weighted by Crippen LogP contribution is -2.50. The van der Waals surface area contributed by atoms with Crippen molar-refractivity contribution in [1.82, 2.24) is 15.5 Å². The number of amides is 2. The minimum Gasteiger partial charge on any atom is -0.491 e. The molecule has 2 amide bonds. The maximum absolute atomic E-state index is 13.9. The van der Waals surface area contributed by atoms with Crippen molar-refractivity contribution in [2.45, 2.75) is 84.1 Å². The van der Waals surface area contributed by atoms with Crippen LogP contribution in [0.4, 0.5) is 4.39 Å². The first-order valence-electron chi connectivity index (χ1n) is 17.8. The quantitative estimate of drug-likeness (QED) is 0.145. The van der Waals surface area contributed by atoms with Crippen LogP contribution >= 0.6 is 0 Å². The number of piperidine rings is 2. The molecule has 266 valence electrons. The third-order valence-corrected chi connectivity index (χ3v) is 9.60. The highest BCUT2D eigenvalue weighted by molar-refractivity contribution is 5.82. The van der Waals surface area contributed by atoms with Gasteiger partial charge in [0.15, 0.2) is 0 Å². The van der Waals surface area contributed by atoms with Crippen LogP contribution in [0, 0.1) is 23.7 Å². The standard InChI is InChI=1S/C36H58FN3O7/c1-3-5-7-28(4-2)30-22-31(26-40(25-30)34(41)11-10-27-12-15-38-16-13-27)36(44)39-33(24-35(42)43)29-8-6-9-32(23-29)47-21-20-46-19-18-45-17-14-37/h6,8-9,23,27-28,30-31,33,38H,3-5,7,10-22,24-26H2,1-2H3,(H,39,44)(H,42,43). The largest absolute Gasteiger partial charge is 0.491 e. The summed E-state index contributed by atoms with van der Waals surface area (Å²) in [6.45, 7) is 8.17. The van der Waals surface area contributed by atoms with Crippen molar-refractivity contribution in [3.8, 4) is 5.75 Å². The first-order valence-corrected chi connectivity index (χ1v) is 17.8. The van der Waals surface area contributed by atoms with Crippen LogP contribution in [0.5, 0.6) is 5.75 Å². The van der Waals surface area contributed by atoms with Crippen molar-refractivity contribution >= 4 is 17.8 Å². The summed E-state index contributed by atoms with van der Waals surface area (Å²) in [7, 11) is 0. The molecule has 0 aliphatic carbocycles. The zero-order valence-electron chi connectivity index (χ0n) is 28.6. The molecule has 0 saturated carbocycles. The van der Waals surface area contributed by atoms with Gasteiger partial charge in [-0.25, -0.2) is 4.39 Å². The van der Waals surface area contributed by atoms with Gasteiger partial charge in [-0.2, -0.15) is 0 Å². The van der Waals surface area contributed by atoms with Gasteiger partial charge in [0.05, 0.1) is 44.8 Å². The number of unbranched alkanes of at least 4 members (excludes halogenated alkanes) is 1. The van der Waals surface area contributed by atoms with E-state index in [1.807, 2.05) is 4.90 Å². The lowest BCUT2D eigenvalue weighted by molar-refractivity contribution is -0.139. The van der Waals surface area contributed by atoms with E-state index >= 15 is 0 Å². The lowest BCUT2D eigenvalue weighted by atomic mass is 9.77. The van der Waals surface area contributed by atoms with E-state index in [0.29, 0.717) is 68.9 Å². The second-order valence-corrected chi connectivity index (χ2v) is 13.0. The number of ether oxygens (including phenoxy) is 3. The number of hydrogen-bond donors (Lipinski definition) is 3. The Kier molecular flexibility index (Phi) is 18.1. The predicted octanol–water partition coefficient (Wildman–Crippen LogP) is 5.16. The van der Waals surface area contributed by atoms with Gasteiger partial charge in [-0.15, -0.1) is 0 Å². The van der Waals surface area contributed by atoms with Gasteiger partial charge in [0.1, 0.15) is 19.0 Å². The van der Waals surface area contributed by atoms with E-state index in [9.17, 15) is 23.9 Å². The summed E-state index contributed by atoms with van der Waals surface area (Å²) in [5.74, 6) is 0.239. The van der Waals surface area contributed by atoms with Crippen molar-refractivity contribution in [3.05, 3.63) is 29.8 Å². The van der Waals surface area contributed by atoms with Crippen LogP contribution in [0.1, 0.15) is 89.7 Å². The van der Waals surface area contributed by atoms with Crippen molar-refractivity contribution in [2.75, 3.05) is 65.9 Å². The molecular formula is C36H58FN3O7. The molecule has 2 saturated heterocycles. The van der Waals surface area contributed by atoms with Crippen molar-refractivity contribution in [2.24, 2.45) is 23.7 Å². The molecule has 2 aliphatic heterocycles. The van der Waals surface area contributed by atoms with Gasteiger partial charge in [-0.05, 0) is 74.2 Å². The topological polar surface area (TPSA) is 126 Å². The number of nitrogens with one attached hydrogen (secondary N) is 2. The summed E-state index contributed by atoms with van der Waals surface area (Å²) in [6.07, 6.45) is 8.30. The summed E-state index contributed by atoms with van der Waals surface area (Å²) in [5, 5.41) is 16.2. The molecule has 10 nitrogen and oxygen atoms in total. The number of halogens is 1. The van der Waals surface area contributed by atoms with Gasteiger partial charge in [0.25, 0.3) is 0 Å². The van der Waals surface area contributed by atoms with E-state index in [1.165, 1.54) is 0 Å². The molecule has 0 aromatic heterocycles. The van der Waals surface area contributed by atoms with Crippen LogP contribution in [-0.4, -0.2) is 93.7 Å². The zero-order valence-corrected chi connectivity index (χ0v) is 28.6. The molecule has 47 heavy (non-hydrogen) atoms. The Morgan fingerprint density at radius 3 is 2.51 bits per heavy atom. The highest BCUT2D eigenvalue weighted by Gasteiger charge is 2.37. The molecule has 4 unspecified atom stereocenters. The Morgan fingerprint density at radius 1 is 1.06 bits per heavy atom. The van der Waals surface area contributed by atoms with Crippen molar-refractivity contribution in [1.29, 1.82) is 0 Å². The molecule has 0 radical (unpaired) electrons. The summed E-state index contributed by atoms with van der Waals surface area (Å²) in [6, 6.07) is 6.33. The fraction of sp³-hybridized carbons (Fsp3) is 0.750. The maximum Gasteiger partial charge on any atom is 0.305 e. The predicted molar refractivity (Wildman–Crippen MR) is 179 cm³/mol. The van der Waals surface area contributed by atoms with Crippen LogP contribution < -0.4 is 15.4 Å². The van der Waals surface area contributed by atoms with E-state index in [-0.39, 0.29) is 37.4 Å². The number of likely N-dealkylation sites (tertiary alicyclic amines) is 1. The van der Waals surface area contributed by atoms with Gasteiger partial charge in [0.2, 0.25) is 11.8 Å². The second kappa shape index (κ2) is 22.0. The number of carbonyl (C=O) groups excluding carboxylic acids is 2. The molecule has 1 aromatic rings. The normalized spacial score (nSPS) is 20.0. The van der Waals surface area contributed by atoms with E-state index < -0.39 is 24.6 Å². The number of carboxylic acids is 1. The van der Waals surface area contributed by atoms with Gasteiger partial charge in [0, 0.05) is 19.5 Å². The van der Waals surface area contributed by atoms with Crippen LogP contribution in [0.3, 0.4) is 0 Å². The van der Waals surface area contributed by atoms with E-state index in [1.54, 1.807) is 24.3 Å². The number of benzene rings is 1. The van der Waals surface area contributed by atoms with Crippen LogP contribution in [0.15, 0.2) is 24.3 Å². The van der Waals surface area contributed by atoms with Gasteiger partial charge in [-0.1, -0.05) is 51.7 Å². The van der Waals surface area contributed by atoms with E-state index in [4.69, 9.17) is 14.2 Å². The van der Waals surface area contributed by atoms with E-state index in [2.05, 4.69) is 24.5 Å². The average Bonchev–Trinajstić information content (AvgIpc) is 3.08. The minimum atomic E-state index is -1.02. The fourth-order valence-electron chi connectivity index (χ4n) is 6.90. The summed E-state index contributed by atoms with van der Waals surface area (Å²) >= 11 is 0. The molecule has 0 spiro atoms. The lowest BCUT2D eigenvalue weighted by Gasteiger charge is -2.41. The molecule has 11 heteroatoms. The highest BCUT2D eigenvalue weighted by atomic mass is 19.1. The molecule has 3 N–H and O–H groups in total. The number of alkyl halides is 1. The molecule has 3 rings (SSSR count). The summed E-state index contributed by atoms with van der Waals surface area (Å²) < 4.78 is 28.4. The summed E-state index contributed by atoms with van der Waals surface area (Å²) in [5.41, 5.74) is 0.635. The smallest absolute Gasteiger partial charge is 0.305 e. The van der Waals surface area contributed by atoms with Crippen molar-refractivity contribution in [3.63, 3.8) is 0 Å². The minimum absolute atomic E-state index is 0.0508. The Balaban J connectivity index is 1.66. The number of aliphatic carboxylic acids is 1. The Labute approximate surface area is 280 Å². The Morgan fingerprint density at radius 2 is 1.81 bits per heavy atom. The van der Waals surface area contributed by atoms with Crippen LogP contribution in [-0.2, 0) is 23.9 Å². The monoisotopic (exact) mass is 663 g/mol. The number of carbonyl (C=O) groups is 3. The Bertz CT molecular complexity index is 1070. The SMILES string of the molecule is CCCCC(CC)C1CC(C(=O)NC(CC(=O)O)c2cccc(OCCOCCOCCF)c2)CN(C(=O)CCC2CCNCC2)C1. The summed E-state index contributed by atoms with van der Waals surface area (Å²) in [4.78, 5) is 41.3. The molecule has 2 aliphatic rings. The molecule has 2 heterocycles. The molecule has 4 atom stereocenters. The van der Waals surface area contributed by atoms with Gasteiger partial charge < -0.3 is 34.9 Å². The molecule has 1 aromatic carbocycles. The van der Waals surface area contributed by atoms with Gasteiger partial charge in [-0.3, -0.25) is 14.4 Å². The number of nitrogens with zero attached hydrogens (tertiary/aromatic N) is 1. The number of rotatable bonds is 22. The first-order chi connectivity index (χ1) is 22.8. The highest BCUT2D eigenvalue weighted by Crippen LogP contribution is 2.34. The Hall–Kier alpha value is -2.76. The molecular weight excluding hydrogens is 605 g/mol. The first kappa shape index (κ1) is 38.7. The van der Waals surface area contributed by atoms with Gasteiger partial charge >= 0.3 is 5.97 Å². The number of hydrogen-bond acceptors (Lipinski definition) is 7. The third kappa shape index (κ3) is 14.1. The second-order valence-electron chi connectivity index (χ2n) is 13.0. The fourth-order valence-corrected chi connectivity index (χ4v) is 6.90.